The number of aromatic hydroxyl groups is 1. The van der Waals surface area contributed by atoms with Gasteiger partial charge in [0.2, 0.25) is 0 Å². The summed E-state index contributed by atoms with van der Waals surface area (Å²) in [7, 11) is -4.66. The number of nitrogens with zero attached hydrogens (tertiary/aromatic N) is 3. The summed E-state index contributed by atoms with van der Waals surface area (Å²) in [5.41, 5.74) is 6.95. The minimum Gasteiger partial charge on any atom is -0.505 e. The second-order valence-electron chi connectivity index (χ2n) is 6.24. The lowest BCUT2D eigenvalue weighted by Crippen LogP contribution is -1.99. The van der Waals surface area contributed by atoms with Gasteiger partial charge in [-0.1, -0.05) is 6.07 Å². The third kappa shape index (κ3) is 4.08. The molecule has 0 radical (unpaired) electrons. The molecule has 152 valence electrons. The predicted molar refractivity (Wildman–Crippen MR) is 116 cm³/mol. The number of nitrogens with two attached hydrogens (primary N) is 1. The number of hydrogen-bond acceptors (Lipinski definition) is 9. The Balaban J connectivity index is 1.71. The molecule has 0 aliphatic heterocycles. The predicted octanol–water partition coefficient (Wildman–Crippen LogP) is 4.99. The smallest absolute Gasteiger partial charge is 0.296 e. The zero-order valence-electron chi connectivity index (χ0n) is 15.2. The summed E-state index contributed by atoms with van der Waals surface area (Å²) in [6.07, 6.45) is 1.69. The van der Waals surface area contributed by atoms with Crippen molar-refractivity contribution in [1.82, 2.24) is 4.98 Å². The molecular formula is C19H15N5O4S2. The fourth-order valence-corrected chi connectivity index (χ4v) is 3.99. The van der Waals surface area contributed by atoms with Crippen LogP contribution in [0.1, 0.15) is 0 Å². The molecule has 0 saturated carbocycles. The van der Waals surface area contributed by atoms with Crippen LogP contribution in [0.2, 0.25) is 0 Å². The van der Waals surface area contributed by atoms with Crippen molar-refractivity contribution in [2.24, 2.45) is 10.2 Å². The van der Waals surface area contributed by atoms with Crippen LogP contribution in [-0.4, -0.2) is 23.1 Å². The van der Waals surface area contributed by atoms with Gasteiger partial charge < -0.3 is 16.2 Å². The van der Waals surface area contributed by atoms with E-state index in [9.17, 15) is 18.1 Å². The van der Waals surface area contributed by atoms with Crippen LogP contribution in [0.5, 0.6) is 5.75 Å². The molecular weight excluding hydrogens is 426 g/mol. The summed E-state index contributed by atoms with van der Waals surface area (Å²) >= 11 is 1.46. The van der Waals surface area contributed by atoms with E-state index in [4.69, 9.17) is 5.73 Å². The Morgan fingerprint density at radius 1 is 1.07 bits per heavy atom. The molecule has 0 spiro atoms. The SMILES string of the molecule is Nc1ccc2cc(S(=O)(=O)O)c(N=Nc3ccc(Nc4nccs4)cc3)c(O)c2c1. The highest BCUT2D eigenvalue weighted by atomic mass is 32.2. The maximum absolute atomic E-state index is 11.8. The van der Waals surface area contributed by atoms with Gasteiger partial charge in [-0.15, -0.1) is 16.5 Å². The third-order valence-electron chi connectivity index (χ3n) is 4.17. The lowest BCUT2D eigenvalue weighted by molar-refractivity contribution is 0.472. The lowest BCUT2D eigenvalue weighted by Gasteiger charge is -2.09. The van der Waals surface area contributed by atoms with Crippen molar-refractivity contribution in [2.45, 2.75) is 4.90 Å². The van der Waals surface area contributed by atoms with Gasteiger partial charge in [0.05, 0.1) is 5.69 Å². The first-order valence-electron chi connectivity index (χ1n) is 8.52. The van der Waals surface area contributed by atoms with Crippen molar-refractivity contribution in [2.75, 3.05) is 11.1 Å². The summed E-state index contributed by atoms with van der Waals surface area (Å²) in [6, 6.07) is 12.6. The van der Waals surface area contributed by atoms with Crippen LogP contribution in [-0.2, 0) is 10.1 Å². The van der Waals surface area contributed by atoms with Crippen molar-refractivity contribution in [3.8, 4) is 5.75 Å². The fourth-order valence-electron chi connectivity index (χ4n) is 2.78. The molecule has 0 aliphatic carbocycles. The summed E-state index contributed by atoms with van der Waals surface area (Å²) in [6.45, 7) is 0. The molecule has 0 aliphatic rings. The van der Waals surface area contributed by atoms with Gasteiger partial charge in [-0.25, -0.2) is 4.98 Å². The van der Waals surface area contributed by atoms with Crippen LogP contribution in [0.15, 0.2) is 75.2 Å². The number of nitrogen functional groups attached to an aromatic ring is 1. The van der Waals surface area contributed by atoms with Crippen LogP contribution >= 0.6 is 11.3 Å². The molecule has 0 unspecified atom stereocenters. The average Bonchev–Trinajstić information content (AvgIpc) is 3.21. The summed E-state index contributed by atoms with van der Waals surface area (Å²) in [5, 5.41) is 24.8. The Morgan fingerprint density at radius 3 is 2.50 bits per heavy atom. The van der Waals surface area contributed by atoms with Crippen LogP contribution in [0.3, 0.4) is 0 Å². The number of azo groups is 1. The molecule has 4 rings (SSSR count). The first-order chi connectivity index (χ1) is 14.3. The quantitative estimate of drug-likeness (QED) is 0.193. The van der Waals surface area contributed by atoms with E-state index in [-0.39, 0.29) is 5.69 Å². The minimum atomic E-state index is -4.66. The number of phenolic OH excluding ortho intramolecular Hbond substituents is 1. The summed E-state index contributed by atoms with van der Waals surface area (Å²) in [4.78, 5) is 3.58. The normalized spacial score (nSPS) is 11.9. The second-order valence-corrected chi connectivity index (χ2v) is 8.52. The van der Waals surface area contributed by atoms with Gasteiger partial charge >= 0.3 is 0 Å². The first kappa shape index (κ1) is 19.8. The zero-order valence-corrected chi connectivity index (χ0v) is 16.9. The van der Waals surface area contributed by atoms with E-state index < -0.39 is 20.8 Å². The molecule has 0 fully saturated rings. The van der Waals surface area contributed by atoms with Gasteiger partial charge in [0.15, 0.2) is 10.9 Å². The number of benzene rings is 3. The Bertz CT molecular complexity index is 1350. The van der Waals surface area contributed by atoms with Crippen LogP contribution < -0.4 is 11.1 Å². The third-order valence-corrected chi connectivity index (χ3v) is 5.73. The van der Waals surface area contributed by atoms with Crippen LogP contribution in [0.4, 0.5) is 27.9 Å². The highest BCUT2D eigenvalue weighted by molar-refractivity contribution is 7.86. The van der Waals surface area contributed by atoms with E-state index in [0.717, 1.165) is 10.8 Å². The van der Waals surface area contributed by atoms with Crippen molar-refractivity contribution in [3.05, 3.63) is 60.1 Å². The van der Waals surface area contributed by atoms with Gasteiger partial charge in [-0.3, -0.25) is 4.55 Å². The molecule has 3 aromatic carbocycles. The number of fused-ring (bicyclic) bond motifs is 1. The topological polar surface area (TPSA) is 150 Å². The van der Waals surface area contributed by atoms with Crippen LogP contribution in [0.25, 0.3) is 10.8 Å². The van der Waals surface area contributed by atoms with E-state index in [1.165, 1.54) is 29.5 Å². The second kappa shape index (κ2) is 7.71. The summed E-state index contributed by atoms with van der Waals surface area (Å²) in [5.74, 6) is -0.446. The number of rotatable bonds is 5. The maximum atomic E-state index is 11.8. The number of thiazole rings is 1. The van der Waals surface area contributed by atoms with E-state index in [1.54, 1.807) is 36.5 Å². The molecule has 11 heteroatoms. The van der Waals surface area contributed by atoms with E-state index in [0.29, 0.717) is 22.1 Å². The Hall–Kier alpha value is -3.54. The molecule has 5 N–H and O–H groups in total. The number of aromatic nitrogens is 1. The van der Waals surface area contributed by atoms with Crippen molar-refractivity contribution < 1.29 is 18.1 Å². The van der Waals surface area contributed by atoms with Gasteiger partial charge in [0, 0.05) is 28.3 Å². The number of anilines is 3. The molecule has 30 heavy (non-hydrogen) atoms. The summed E-state index contributed by atoms with van der Waals surface area (Å²) < 4.78 is 33.2. The molecule has 0 atom stereocenters. The molecule has 9 nitrogen and oxygen atoms in total. The van der Waals surface area contributed by atoms with Gasteiger partial charge in [0.1, 0.15) is 10.6 Å². The fraction of sp³-hybridized carbons (Fsp3) is 0. The zero-order chi connectivity index (χ0) is 21.3. The maximum Gasteiger partial charge on any atom is 0.296 e. The molecule has 0 saturated heterocycles. The highest BCUT2D eigenvalue weighted by Gasteiger charge is 2.22. The molecule has 4 aromatic rings. The Labute approximate surface area is 175 Å². The molecule has 1 aromatic heterocycles. The lowest BCUT2D eigenvalue weighted by atomic mass is 10.1. The average molecular weight is 441 g/mol. The Kier molecular flexibility index (Phi) is 5.08. The van der Waals surface area contributed by atoms with Crippen molar-refractivity contribution in [1.29, 1.82) is 0 Å². The van der Waals surface area contributed by atoms with Crippen molar-refractivity contribution in [3.63, 3.8) is 0 Å². The highest BCUT2D eigenvalue weighted by Crippen LogP contribution is 2.41. The first-order valence-corrected chi connectivity index (χ1v) is 10.8. The molecule has 1 heterocycles. The number of nitrogens with one attached hydrogen (secondary N) is 1. The number of hydrogen-bond donors (Lipinski definition) is 4. The van der Waals surface area contributed by atoms with E-state index in [2.05, 4.69) is 20.5 Å². The van der Waals surface area contributed by atoms with Gasteiger partial charge in [0.25, 0.3) is 10.1 Å². The Morgan fingerprint density at radius 2 is 1.83 bits per heavy atom. The van der Waals surface area contributed by atoms with Gasteiger partial charge in [-0.05, 0) is 47.9 Å². The minimum absolute atomic E-state index is 0.291. The van der Waals surface area contributed by atoms with E-state index >= 15 is 0 Å². The molecule has 0 amide bonds. The van der Waals surface area contributed by atoms with Crippen molar-refractivity contribution >= 4 is 60.1 Å². The largest absolute Gasteiger partial charge is 0.505 e. The molecule has 0 bridgehead atoms. The monoisotopic (exact) mass is 441 g/mol. The number of phenols is 1. The van der Waals surface area contributed by atoms with Crippen LogP contribution in [0, 0.1) is 0 Å². The van der Waals surface area contributed by atoms with Gasteiger partial charge in [-0.2, -0.15) is 13.5 Å². The standard InChI is InChI=1S/C19H15N5O4S2/c20-12-2-1-11-9-16(30(26,27)28)17(18(25)15(11)10-12)24-23-14-5-3-13(4-6-14)22-19-21-7-8-29-19/h1-10,25H,20H2,(H,21,22)(H,26,27,28). The van der Waals surface area contributed by atoms with E-state index in [1.807, 2.05) is 5.38 Å².